The van der Waals surface area contributed by atoms with Gasteiger partial charge in [0.15, 0.2) is 5.82 Å². The molecule has 1 unspecified atom stereocenters. The summed E-state index contributed by atoms with van der Waals surface area (Å²) in [7, 11) is 0. The monoisotopic (exact) mass is 412 g/mol. The summed E-state index contributed by atoms with van der Waals surface area (Å²) in [5, 5.41) is 3.43. The fourth-order valence-electron chi connectivity index (χ4n) is 4.17. The van der Waals surface area contributed by atoms with Crippen molar-refractivity contribution in [3.8, 4) is 0 Å². The number of hydrogen-bond acceptors (Lipinski definition) is 2. The fourth-order valence-corrected chi connectivity index (χ4v) is 4.17. The largest absolute Gasteiger partial charge is 0.354 e. The van der Waals surface area contributed by atoms with E-state index in [0.29, 0.717) is 19.4 Å². The van der Waals surface area contributed by atoms with Crippen molar-refractivity contribution in [1.29, 1.82) is 0 Å². The lowest BCUT2D eigenvalue weighted by Crippen LogP contribution is -2.76. The maximum Gasteiger partial charge on any atom is 0.251 e. The molecule has 1 amide bonds. The van der Waals surface area contributed by atoms with Crippen LogP contribution in [0, 0.1) is 5.82 Å². The van der Waals surface area contributed by atoms with Gasteiger partial charge >= 0.3 is 0 Å². The van der Waals surface area contributed by atoms with Crippen molar-refractivity contribution >= 4 is 11.6 Å². The average molecular weight is 412 g/mol. The molecular formula is C26H23FN3O+. The van der Waals surface area contributed by atoms with Crippen molar-refractivity contribution in [2.45, 2.75) is 18.9 Å². The number of halogens is 1. The van der Waals surface area contributed by atoms with Gasteiger partial charge in [0.05, 0.1) is 6.42 Å². The first-order chi connectivity index (χ1) is 15.2. The van der Waals surface area contributed by atoms with E-state index in [9.17, 15) is 9.18 Å². The molecule has 0 saturated carbocycles. The fraction of sp³-hybridized carbons (Fsp3) is 0.154. The summed E-state index contributed by atoms with van der Waals surface area (Å²) in [6, 6.07) is 26.3. The van der Waals surface area contributed by atoms with Gasteiger partial charge in [-0.2, -0.15) is 0 Å². The van der Waals surface area contributed by atoms with E-state index in [1.165, 1.54) is 17.7 Å². The van der Waals surface area contributed by atoms with Crippen LogP contribution in [0.2, 0.25) is 0 Å². The minimum absolute atomic E-state index is 0.0415. The van der Waals surface area contributed by atoms with Gasteiger partial charge in [-0.25, -0.2) is 9.38 Å². The highest BCUT2D eigenvalue weighted by Gasteiger charge is 2.42. The summed E-state index contributed by atoms with van der Waals surface area (Å²) in [5.74, 6) is 0.603. The van der Waals surface area contributed by atoms with Crippen molar-refractivity contribution in [1.82, 2.24) is 10.2 Å². The highest BCUT2D eigenvalue weighted by molar-refractivity contribution is 6.01. The molecule has 0 radical (unpaired) electrons. The SMILES string of the molecule is O=C1C(Cc2ccc(F)cc2)NC2=C(Cc3ccccc3)[NH+]=C(c3ccccc3)CN12. The third-order valence-electron chi connectivity index (χ3n) is 5.75. The molecule has 2 N–H and O–H groups in total. The van der Waals surface area contributed by atoms with Crippen LogP contribution in [-0.4, -0.2) is 29.1 Å². The van der Waals surface area contributed by atoms with Gasteiger partial charge in [-0.05, 0) is 35.4 Å². The van der Waals surface area contributed by atoms with Crippen LogP contribution in [0.4, 0.5) is 4.39 Å². The number of fused-ring (bicyclic) bond motifs is 1. The second-order valence-corrected chi connectivity index (χ2v) is 7.91. The van der Waals surface area contributed by atoms with Gasteiger partial charge in [0.1, 0.15) is 18.4 Å². The Kier molecular flexibility index (Phi) is 5.08. The van der Waals surface area contributed by atoms with Crippen molar-refractivity contribution < 1.29 is 14.2 Å². The van der Waals surface area contributed by atoms with E-state index in [4.69, 9.17) is 0 Å². The van der Waals surface area contributed by atoms with Gasteiger partial charge < -0.3 is 5.32 Å². The molecule has 2 aliphatic rings. The Morgan fingerprint density at radius 1 is 0.903 bits per heavy atom. The second-order valence-electron chi connectivity index (χ2n) is 7.91. The molecule has 0 aromatic heterocycles. The van der Waals surface area contributed by atoms with Crippen LogP contribution >= 0.6 is 0 Å². The zero-order valence-electron chi connectivity index (χ0n) is 17.0. The van der Waals surface area contributed by atoms with Crippen LogP contribution in [0.1, 0.15) is 16.7 Å². The number of amides is 1. The average Bonchev–Trinajstić information content (AvgIpc) is 3.12. The third-order valence-corrected chi connectivity index (χ3v) is 5.75. The molecule has 1 fully saturated rings. The van der Waals surface area contributed by atoms with Crippen LogP contribution in [0.3, 0.4) is 0 Å². The Morgan fingerprint density at radius 3 is 2.29 bits per heavy atom. The number of nitrogens with one attached hydrogen (secondary N) is 2. The topological polar surface area (TPSA) is 46.3 Å². The molecule has 2 heterocycles. The summed E-state index contributed by atoms with van der Waals surface area (Å²) in [5.41, 5.74) is 5.15. The highest BCUT2D eigenvalue weighted by atomic mass is 19.1. The number of rotatable bonds is 5. The normalized spacial score (nSPS) is 18.0. The number of allylic oxidation sites excluding steroid dienone is 1. The zero-order valence-corrected chi connectivity index (χ0v) is 17.0. The van der Waals surface area contributed by atoms with Gasteiger partial charge in [-0.3, -0.25) is 9.69 Å². The zero-order chi connectivity index (χ0) is 21.2. The van der Waals surface area contributed by atoms with Crippen molar-refractivity contribution in [3.63, 3.8) is 0 Å². The summed E-state index contributed by atoms with van der Waals surface area (Å²) < 4.78 is 13.3. The molecule has 0 bridgehead atoms. The molecule has 5 heteroatoms. The Balaban J connectivity index is 1.48. The van der Waals surface area contributed by atoms with Gasteiger partial charge in [0, 0.05) is 12.0 Å². The van der Waals surface area contributed by atoms with Gasteiger partial charge in [-0.15, -0.1) is 0 Å². The van der Waals surface area contributed by atoms with Gasteiger partial charge in [0.2, 0.25) is 11.4 Å². The molecule has 154 valence electrons. The standard InChI is InChI=1S/C26H22FN3O/c27-21-13-11-19(12-14-21)16-23-26(31)30-17-24(20-9-5-2-6-10-20)28-22(25(30)29-23)15-18-7-3-1-4-8-18/h1-14,23,29H,15-17H2/p+1. The van der Waals surface area contributed by atoms with Crippen molar-refractivity contribution in [2.75, 3.05) is 6.54 Å². The quantitative estimate of drug-likeness (QED) is 0.675. The van der Waals surface area contributed by atoms with Crippen LogP contribution in [0.15, 0.2) is 96.4 Å². The molecule has 1 atom stereocenters. The molecule has 0 spiro atoms. The molecule has 31 heavy (non-hydrogen) atoms. The molecule has 2 aliphatic heterocycles. The molecule has 3 aromatic carbocycles. The predicted molar refractivity (Wildman–Crippen MR) is 117 cm³/mol. The van der Waals surface area contributed by atoms with Crippen molar-refractivity contribution in [3.05, 3.63) is 119 Å². The van der Waals surface area contributed by atoms with E-state index >= 15 is 0 Å². The minimum Gasteiger partial charge on any atom is -0.354 e. The number of hydrogen-bond donors (Lipinski definition) is 2. The molecular weight excluding hydrogens is 389 g/mol. The Hall–Kier alpha value is -3.73. The van der Waals surface area contributed by atoms with Crippen LogP contribution in [0.25, 0.3) is 0 Å². The smallest absolute Gasteiger partial charge is 0.251 e. The first kappa shape index (κ1) is 19.2. The minimum atomic E-state index is -0.372. The van der Waals surface area contributed by atoms with Crippen LogP contribution in [0.5, 0.6) is 0 Å². The van der Waals surface area contributed by atoms with Gasteiger partial charge in [0.25, 0.3) is 5.91 Å². The van der Waals surface area contributed by atoms with E-state index in [-0.39, 0.29) is 17.8 Å². The molecule has 0 aliphatic carbocycles. The number of nitrogens with zero attached hydrogens (tertiary/aromatic N) is 1. The molecule has 4 nitrogen and oxygen atoms in total. The van der Waals surface area contributed by atoms with Gasteiger partial charge in [-0.1, -0.05) is 60.7 Å². The summed E-state index contributed by atoms with van der Waals surface area (Å²) in [6.45, 7) is 0.489. The maximum atomic E-state index is 13.3. The summed E-state index contributed by atoms with van der Waals surface area (Å²) in [4.78, 5) is 18.7. The number of carbonyl (C=O) groups is 1. The lowest BCUT2D eigenvalue weighted by molar-refractivity contribution is -0.406. The Morgan fingerprint density at radius 2 is 1.58 bits per heavy atom. The summed E-state index contributed by atoms with van der Waals surface area (Å²) in [6.07, 6.45) is 1.20. The van der Waals surface area contributed by atoms with E-state index in [2.05, 4.69) is 34.6 Å². The highest BCUT2D eigenvalue weighted by Crippen LogP contribution is 2.22. The first-order valence-electron chi connectivity index (χ1n) is 10.4. The summed E-state index contributed by atoms with van der Waals surface area (Å²) >= 11 is 0. The predicted octanol–water partition coefficient (Wildman–Crippen LogP) is 2.16. The number of carbonyl (C=O) groups excluding carboxylic acids is 1. The van der Waals surface area contributed by atoms with E-state index in [1.54, 1.807) is 12.1 Å². The number of benzene rings is 3. The van der Waals surface area contributed by atoms with E-state index < -0.39 is 0 Å². The molecule has 3 aromatic rings. The van der Waals surface area contributed by atoms with Crippen molar-refractivity contribution in [2.24, 2.45) is 0 Å². The molecule has 5 rings (SSSR count). The second kappa shape index (κ2) is 8.19. The third kappa shape index (κ3) is 3.99. The Labute approximate surface area is 180 Å². The van der Waals surface area contributed by atoms with E-state index in [1.807, 2.05) is 41.3 Å². The van der Waals surface area contributed by atoms with Crippen LogP contribution < -0.4 is 10.3 Å². The lowest BCUT2D eigenvalue weighted by Gasteiger charge is -2.20. The van der Waals surface area contributed by atoms with E-state index in [0.717, 1.165) is 28.4 Å². The maximum absolute atomic E-state index is 13.3. The Bertz CT molecular complexity index is 1150. The first-order valence-corrected chi connectivity index (χ1v) is 10.4. The lowest BCUT2D eigenvalue weighted by atomic mass is 10.0. The molecule has 1 saturated heterocycles. The van der Waals surface area contributed by atoms with Crippen LogP contribution in [-0.2, 0) is 17.6 Å².